The molecule has 27 heavy (non-hydrogen) atoms. The van der Waals surface area contributed by atoms with Gasteiger partial charge in [0.15, 0.2) is 11.5 Å². The summed E-state index contributed by atoms with van der Waals surface area (Å²) in [6.07, 6.45) is 0.385. The number of hydrogen-bond donors (Lipinski definition) is 7. The maximum Gasteiger partial charge on any atom is 0.323 e. The number of carbonyl (C=O) groups is 2. The fourth-order valence-corrected chi connectivity index (χ4v) is 2.08. The lowest BCUT2D eigenvalue weighted by Crippen LogP contribution is -2.36. The molecule has 9 nitrogen and oxygen atoms in total. The smallest absolute Gasteiger partial charge is 0.323 e. The van der Waals surface area contributed by atoms with E-state index in [1.54, 1.807) is 5.48 Å². The molecule has 146 valence electrons. The van der Waals surface area contributed by atoms with Crippen molar-refractivity contribution in [1.82, 2.24) is 5.48 Å². The predicted octanol–water partition coefficient (Wildman–Crippen LogP) is 0.713. The van der Waals surface area contributed by atoms with Crippen LogP contribution in [0.25, 0.3) is 0 Å². The highest BCUT2D eigenvalue weighted by Gasteiger charge is 2.16. The first kappa shape index (κ1) is 21.9. The Kier molecular flexibility index (Phi) is 8.73. The zero-order valence-corrected chi connectivity index (χ0v) is 14.3. The van der Waals surface area contributed by atoms with Crippen molar-refractivity contribution in [3.8, 4) is 11.5 Å². The zero-order valence-electron chi connectivity index (χ0n) is 14.3. The van der Waals surface area contributed by atoms with Gasteiger partial charge in [-0.1, -0.05) is 36.4 Å². The van der Waals surface area contributed by atoms with Crippen molar-refractivity contribution < 1.29 is 35.2 Å². The van der Waals surface area contributed by atoms with E-state index in [-0.39, 0.29) is 24.3 Å². The summed E-state index contributed by atoms with van der Waals surface area (Å²) in [6.45, 7) is 0. The van der Waals surface area contributed by atoms with Gasteiger partial charge in [0.1, 0.15) is 12.1 Å². The van der Waals surface area contributed by atoms with E-state index in [0.29, 0.717) is 5.56 Å². The quantitative estimate of drug-likeness (QED) is 0.270. The van der Waals surface area contributed by atoms with Crippen LogP contribution >= 0.6 is 0 Å². The van der Waals surface area contributed by atoms with Crippen LogP contribution in [-0.2, 0) is 22.4 Å². The second kappa shape index (κ2) is 10.8. The summed E-state index contributed by atoms with van der Waals surface area (Å²) in [4.78, 5) is 20.9. The number of phenolic OH excluding ortho intramolecular Hbond substituents is 2. The van der Waals surface area contributed by atoms with Crippen LogP contribution in [0.2, 0.25) is 0 Å². The maximum atomic E-state index is 10.5. The van der Waals surface area contributed by atoms with Crippen LogP contribution in [0.5, 0.6) is 11.5 Å². The van der Waals surface area contributed by atoms with E-state index in [4.69, 9.17) is 31.4 Å². The Bertz CT molecular complexity index is 753. The van der Waals surface area contributed by atoms with E-state index < -0.39 is 24.0 Å². The molecule has 2 atom stereocenters. The standard InChI is InChI=1S/C9H11NO4.C9H11NO3/c10-6(9(13)14)3-5-1-2-7(11)8(12)4-5;11-9(12)8(10-13)6-7-4-2-1-3-5-7/h1-2,4,6,11-12H,3,10H2,(H,13,14);1-5,8,10,13H,6H2,(H,11,12)/t6-;8-/m00/s1. The van der Waals surface area contributed by atoms with Gasteiger partial charge in [-0.2, -0.15) is 5.48 Å². The molecule has 0 saturated carbocycles. The number of aliphatic carboxylic acids is 2. The highest BCUT2D eigenvalue weighted by molar-refractivity contribution is 5.74. The molecule has 9 heteroatoms. The molecule has 0 radical (unpaired) electrons. The Labute approximate surface area is 155 Å². The molecule has 0 bridgehead atoms. The minimum absolute atomic E-state index is 0.114. The van der Waals surface area contributed by atoms with Crippen molar-refractivity contribution in [3.05, 3.63) is 59.7 Å². The number of rotatable bonds is 7. The number of nitrogens with two attached hydrogens (primary N) is 1. The van der Waals surface area contributed by atoms with E-state index in [9.17, 15) is 9.59 Å². The van der Waals surface area contributed by atoms with Crippen LogP contribution in [0, 0.1) is 0 Å². The second-order valence-electron chi connectivity index (χ2n) is 5.68. The lowest BCUT2D eigenvalue weighted by atomic mass is 10.1. The van der Waals surface area contributed by atoms with Crippen molar-refractivity contribution in [2.45, 2.75) is 24.9 Å². The fraction of sp³-hybridized carbons (Fsp3) is 0.222. The zero-order chi connectivity index (χ0) is 20.4. The molecule has 8 N–H and O–H groups in total. The molecular weight excluding hydrogens is 356 g/mol. The topological polar surface area (TPSA) is 173 Å². The summed E-state index contributed by atoms with van der Waals surface area (Å²) in [5.41, 5.74) is 8.48. The highest BCUT2D eigenvalue weighted by atomic mass is 16.5. The first-order valence-electron chi connectivity index (χ1n) is 7.90. The van der Waals surface area contributed by atoms with Crippen molar-refractivity contribution >= 4 is 11.9 Å². The van der Waals surface area contributed by atoms with Gasteiger partial charge in [0.25, 0.3) is 0 Å². The molecule has 0 heterocycles. The van der Waals surface area contributed by atoms with E-state index >= 15 is 0 Å². The molecule has 0 spiro atoms. The molecule has 0 saturated heterocycles. The van der Waals surface area contributed by atoms with Gasteiger partial charge < -0.3 is 31.4 Å². The van der Waals surface area contributed by atoms with Crippen molar-refractivity contribution in [2.75, 3.05) is 0 Å². The molecule has 0 aromatic heterocycles. The monoisotopic (exact) mass is 378 g/mol. The van der Waals surface area contributed by atoms with Crippen LogP contribution in [-0.4, -0.2) is 49.7 Å². The van der Waals surface area contributed by atoms with Gasteiger partial charge in [-0.05, 0) is 29.7 Å². The maximum absolute atomic E-state index is 10.5. The third kappa shape index (κ3) is 7.74. The number of carboxylic acid groups (broad SMARTS) is 2. The second-order valence-corrected chi connectivity index (χ2v) is 5.68. The van der Waals surface area contributed by atoms with Crippen molar-refractivity contribution in [1.29, 1.82) is 0 Å². The SMILES string of the molecule is N[C@@H](Cc1ccc(O)c(O)c1)C(=O)O.O=C(O)[C@H](Cc1ccccc1)NO. The van der Waals surface area contributed by atoms with Crippen molar-refractivity contribution in [2.24, 2.45) is 5.73 Å². The average molecular weight is 378 g/mol. The molecule has 0 aliphatic carbocycles. The van der Waals surface area contributed by atoms with Crippen LogP contribution in [0.15, 0.2) is 48.5 Å². The van der Waals surface area contributed by atoms with Crippen LogP contribution in [0.1, 0.15) is 11.1 Å². The van der Waals surface area contributed by atoms with Gasteiger partial charge in [0, 0.05) is 6.42 Å². The lowest BCUT2D eigenvalue weighted by molar-refractivity contribution is -0.142. The van der Waals surface area contributed by atoms with Crippen LogP contribution < -0.4 is 11.2 Å². The van der Waals surface area contributed by atoms with E-state index in [1.807, 2.05) is 30.3 Å². The Hall–Kier alpha value is -3.14. The van der Waals surface area contributed by atoms with E-state index in [0.717, 1.165) is 5.56 Å². The summed E-state index contributed by atoms with van der Waals surface area (Å²) >= 11 is 0. The number of phenols is 2. The minimum atomic E-state index is -1.10. The third-order valence-electron chi connectivity index (χ3n) is 3.55. The number of aromatic hydroxyl groups is 2. The molecule has 0 fully saturated rings. The minimum Gasteiger partial charge on any atom is -0.504 e. The molecule has 0 unspecified atom stereocenters. The molecular formula is C18H22N2O7. The molecule has 0 amide bonds. The number of nitrogens with one attached hydrogen (secondary N) is 1. The first-order chi connectivity index (χ1) is 12.7. The summed E-state index contributed by atoms with van der Waals surface area (Å²) in [6, 6.07) is 11.3. The summed E-state index contributed by atoms with van der Waals surface area (Å²) in [7, 11) is 0. The van der Waals surface area contributed by atoms with Gasteiger partial charge in [0.2, 0.25) is 0 Å². The number of hydroxylamine groups is 1. The summed E-state index contributed by atoms with van der Waals surface area (Å²) < 4.78 is 0. The molecule has 2 rings (SSSR count). The molecule has 0 aliphatic heterocycles. The molecule has 2 aromatic carbocycles. The van der Waals surface area contributed by atoms with Gasteiger partial charge in [-0.15, -0.1) is 0 Å². The molecule has 0 aliphatic rings. The first-order valence-corrected chi connectivity index (χ1v) is 7.90. The average Bonchev–Trinajstić information content (AvgIpc) is 2.63. The third-order valence-corrected chi connectivity index (χ3v) is 3.55. The lowest BCUT2D eigenvalue weighted by Gasteiger charge is -2.09. The van der Waals surface area contributed by atoms with Crippen LogP contribution in [0.3, 0.4) is 0 Å². The van der Waals surface area contributed by atoms with E-state index in [1.165, 1.54) is 18.2 Å². The van der Waals surface area contributed by atoms with Crippen LogP contribution in [0.4, 0.5) is 0 Å². The Morgan fingerprint density at radius 2 is 1.52 bits per heavy atom. The van der Waals surface area contributed by atoms with Gasteiger partial charge >= 0.3 is 11.9 Å². The number of carboxylic acids is 2. The fourth-order valence-electron chi connectivity index (χ4n) is 2.08. The Morgan fingerprint density at radius 1 is 0.889 bits per heavy atom. The van der Waals surface area contributed by atoms with Crippen molar-refractivity contribution in [3.63, 3.8) is 0 Å². The highest BCUT2D eigenvalue weighted by Crippen LogP contribution is 2.25. The summed E-state index contributed by atoms with van der Waals surface area (Å²) in [5, 5.41) is 43.8. The Morgan fingerprint density at radius 3 is 2.00 bits per heavy atom. The number of hydrogen-bond acceptors (Lipinski definition) is 7. The Balaban J connectivity index is 0.000000271. The van der Waals surface area contributed by atoms with Gasteiger partial charge in [0.05, 0.1) is 0 Å². The van der Waals surface area contributed by atoms with Gasteiger partial charge in [-0.3, -0.25) is 9.59 Å². The largest absolute Gasteiger partial charge is 0.504 e. The number of benzene rings is 2. The van der Waals surface area contributed by atoms with Gasteiger partial charge in [-0.25, -0.2) is 0 Å². The summed E-state index contributed by atoms with van der Waals surface area (Å²) in [5.74, 6) is -2.68. The molecule has 2 aromatic rings. The van der Waals surface area contributed by atoms with E-state index in [2.05, 4.69) is 0 Å². The normalized spacial score (nSPS) is 12.4. The predicted molar refractivity (Wildman–Crippen MR) is 95.6 cm³/mol.